The van der Waals surface area contributed by atoms with E-state index in [9.17, 15) is 10.2 Å². The van der Waals surface area contributed by atoms with Crippen molar-refractivity contribution in [2.75, 3.05) is 6.61 Å². The molecule has 0 bridgehead atoms. The van der Waals surface area contributed by atoms with E-state index in [0.717, 1.165) is 0 Å². The molecule has 0 aromatic heterocycles. The second kappa shape index (κ2) is 5.47. The minimum absolute atomic E-state index is 0.0965. The Morgan fingerprint density at radius 3 is 2.47 bits per heavy atom. The van der Waals surface area contributed by atoms with Crippen LogP contribution in [-0.2, 0) is 9.47 Å². The number of thiol groups is 1. The molecule has 0 radical (unpaired) electrons. The Morgan fingerprint density at radius 1 is 1.40 bits per heavy atom. The summed E-state index contributed by atoms with van der Waals surface area (Å²) in [6.45, 7) is 3.28. The molecular weight excluding hydrogens is 220 g/mol. The van der Waals surface area contributed by atoms with Crippen LogP contribution in [0.25, 0.3) is 0 Å². The third-order valence-corrected chi connectivity index (χ3v) is 2.87. The Bertz CT molecular complexity index is 201. The van der Waals surface area contributed by atoms with Gasteiger partial charge in [0, 0.05) is 0 Å². The van der Waals surface area contributed by atoms with E-state index in [0.29, 0.717) is 0 Å². The number of hydrogen-bond donors (Lipinski definition) is 4. The van der Waals surface area contributed by atoms with E-state index in [1.165, 1.54) is 0 Å². The first kappa shape index (κ1) is 13.2. The minimum atomic E-state index is -1.17. The van der Waals surface area contributed by atoms with Crippen LogP contribution in [-0.4, -0.2) is 57.9 Å². The third-order valence-electron chi connectivity index (χ3n) is 2.27. The fraction of sp³-hybridized carbons (Fsp3) is 1.00. The summed E-state index contributed by atoms with van der Waals surface area (Å²) in [5, 5.41) is 27.6. The van der Waals surface area contributed by atoms with Crippen LogP contribution in [0, 0.1) is 0 Å². The molecule has 1 aliphatic rings. The molecule has 1 saturated heterocycles. The van der Waals surface area contributed by atoms with Gasteiger partial charge in [0.15, 0.2) is 6.29 Å². The van der Waals surface area contributed by atoms with Crippen molar-refractivity contribution in [1.29, 1.82) is 0 Å². The molecule has 0 spiro atoms. The fourth-order valence-corrected chi connectivity index (χ4v) is 1.94. The molecule has 90 valence electrons. The van der Waals surface area contributed by atoms with E-state index in [1.807, 2.05) is 13.8 Å². The second-order valence-electron chi connectivity index (χ2n) is 3.88. The normalized spacial score (nSPS) is 42.2. The van der Waals surface area contributed by atoms with Crippen molar-refractivity contribution in [1.82, 2.24) is 0 Å². The van der Waals surface area contributed by atoms with E-state index < -0.39 is 29.9 Å². The van der Waals surface area contributed by atoms with Crippen molar-refractivity contribution in [3.05, 3.63) is 0 Å². The van der Waals surface area contributed by atoms with E-state index in [4.69, 9.17) is 14.6 Å². The highest BCUT2D eigenvalue weighted by Gasteiger charge is 2.43. The predicted octanol–water partition coefficient (Wildman–Crippen LogP) is -0.851. The van der Waals surface area contributed by atoms with Gasteiger partial charge in [-0.1, -0.05) is 0 Å². The topological polar surface area (TPSA) is 79.2 Å². The Kier molecular flexibility index (Phi) is 4.82. The number of rotatable bonds is 3. The highest BCUT2D eigenvalue weighted by molar-refractivity contribution is 7.81. The Balaban J connectivity index is 2.66. The first-order chi connectivity index (χ1) is 6.97. The van der Waals surface area contributed by atoms with Crippen LogP contribution in [0.2, 0.25) is 0 Å². The molecule has 0 amide bonds. The zero-order valence-corrected chi connectivity index (χ0v) is 9.67. The van der Waals surface area contributed by atoms with Gasteiger partial charge in [-0.2, -0.15) is 12.6 Å². The molecule has 1 fully saturated rings. The summed E-state index contributed by atoms with van der Waals surface area (Å²) in [5.41, 5.74) is 0. The highest BCUT2D eigenvalue weighted by atomic mass is 32.1. The van der Waals surface area contributed by atoms with Gasteiger partial charge in [0.25, 0.3) is 0 Å². The van der Waals surface area contributed by atoms with E-state index in [2.05, 4.69) is 12.6 Å². The van der Waals surface area contributed by atoms with Crippen molar-refractivity contribution in [3.63, 3.8) is 0 Å². The van der Waals surface area contributed by atoms with Gasteiger partial charge in [0.2, 0.25) is 0 Å². The third kappa shape index (κ3) is 3.05. The maximum atomic E-state index is 9.69. The lowest BCUT2D eigenvalue weighted by atomic mass is 10.0. The maximum Gasteiger partial charge on any atom is 0.182 e. The SMILES string of the molecule is CC(C)O[C@H]1C(O)O[C@H](CO)[C@H](O)[C@@H]1S. The fourth-order valence-electron chi connectivity index (χ4n) is 1.53. The van der Waals surface area contributed by atoms with Gasteiger partial charge in [-0.05, 0) is 13.8 Å². The average Bonchev–Trinajstić information content (AvgIpc) is 2.18. The summed E-state index contributed by atoms with van der Waals surface area (Å²) in [7, 11) is 0. The van der Waals surface area contributed by atoms with Crippen LogP contribution in [0.1, 0.15) is 13.8 Å². The highest BCUT2D eigenvalue weighted by Crippen LogP contribution is 2.26. The Morgan fingerprint density at radius 2 is 2.00 bits per heavy atom. The second-order valence-corrected chi connectivity index (χ2v) is 4.47. The van der Waals surface area contributed by atoms with Crippen molar-refractivity contribution in [2.45, 2.75) is 49.8 Å². The molecular formula is C9H18O5S. The van der Waals surface area contributed by atoms with Gasteiger partial charge in [-0.3, -0.25) is 0 Å². The molecule has 5 atom stereocenters. The lowest BCUT2D eigenvalue weighted by molar-refractivity contribution is -0.263. The summed E-state index contributed by atoms with van der Waals surface area (Å²) < 4.78 is 10.4. The number of aliphatic hydroxyl groups is 3. The van der Waals surface area contributed by atoms with E-state index in [-0.39, 0.29) is 12.7 Å². The molecule has 1 aliphatic heterocycles. The van der Waals surface area contributed by atoms with Crippen LogP contribution >= 0.6 is 12.6 Å². The van der Waals surface area contributed by atoms with Gasteiger partial charge < -0.3 is 24.8 Å². The van der Waals surface area contributed by atoms with Gasteiger partial charge in [-0.15, -0.1) is 0 Å². The quantitative estimate of drug-likeness (QED) is 0.482. The Labute approximate surface area is 94.4 Å². The molecule has 6 heteroatoms. The largest absolute Gasteiger partial charge is 0.394 e. The number of ether oxygens (including phenoxy) is 2. The maximum absolute atomic E-state index is 9.69. The van der Waals surface area contributed by atoms with Crippen LogP contribution in [0.3, 0.4) is 0 Å². The summed E-state index contributed by atoms with van der Waals surface area (Å²) in [6.07, 6.45) is -3.72. The molecule has 0 aromatic rings. The lowest BCUT2D eigenvalue weighted by Crippen LogP contribution is -2.57. The number of aliphatic hydroxyl groups excluding tert-OH is 3. The predicted molar refractivity (Wildman–Crippen MR) is 56.8 cm³/mol. The van der Waals surface area contributed by atoms with Gasteiger partial charge in [0.05, 0.1) is 24.1 Å². The molecule has 0 saturated carbocycles. The van der Waals surface area contributed by atoms with Crippen LogP contribution in [0.4, 0.5) is 0 Å². The molecule has 1 heterocycles. The van der Waals surface area contributed by atoms with Crippen LogP contribution < -0.4 is 0 Å². The molecule has 5 nitrogen and oxygen atoms in total. The van der Waals surface area contributed by atoms with E-state index in [1.54, 1.807) is 0 Å². The zero-order chi connectivity index (χ0) is 11.6. The standard InChI is InChI=1S/C9H18O5S/c1-4(2)13-7-8(15)6(11)5(3-10)14-9(7)12/h4-12,15H,3H2,1-2H3/t5-,6+,7-,8+,9?/m1/s1. The minimum Gasteiger partial charge on any atom is -0.394 e. The smallest absolute Gasteiger partial charge is 0.182 e. The van der Waals surface area contributed by atoms with Gasteiger partial charge in [-0.25, -0.2) is 0 Å². The summed E-state index contributed by atoms with van der Waals surface area (Å²) in [4.78, 5) is 0. The number of hydrogen-bond acceptors (Lipinski definition) is 6. The van der Waals surface area contributed by atoms with Crippen molar-refractivity contribution in [2.24, 2.45) is 0 Å². The van der Waals surface area contributed by atoms with Gasteiger partial charge >= 0.3 is 0 Å². The summed E-state index contributed by atoms with van der Waals surface area (Å²) >= 11 is 4.17. The summed E-state index contributed by atoms with van der Waals surface area (Å²) in [6, 6.07) is 0. The summed E-state index contributed by atoms with van der Waals surface area (Å²) in [5.74, 6) is 0. The first-order valence-corrected chi connectivity index (χ1v) is 5.45. The zero-order valence-electron chi connectivity index (χ0n) is 8.78. The Hall–Kier alpha value is 0.150. The molecule has 3 N–H and O–H groups in total. The van der Waals surface area contributed by atoms with Crippen LogP contribution in [0.15, 0.2) is 0 Å². The van der Waals surface area contributed by atoms with Gasteiger partial charge in [0.1, 0.15) is 12.2 Å². The van der Waals surface area contributed by atoms with E-state index >= 15 is 0 Å². The van der Waals surface area contributed by atoms with Crippen LogP contribution in [0.5, 0.6) is 0 Å². The first-order valence-electron chi connectivity index (χ1n) is 4.93. The molecule has 0 aliphatic carbocycles. The monoisotopic (exact) mass is 238 g/mol. The van der Waals surface area contributed by atoms with Crippen molar-refractivity contribution < 1.29 is 24.8 Å². The van der Waals surface area contributed by atoms with Crippen molar-refractivity contribution >= 4 is 12.6 Å². The molecule has 1 rings (SSSR count). The molecule has 15 heavy (non-hydrogen) atoms. The van der Waals surface area contributed by atoms with Crippen molar-refractivity contribution in [3.8, 4) is 0 Å². The molecule has 1 unspecified atom stereocenters. The average molecular weight is 238 g/mol. The molecule has 0 aromatic carbocycles. The lowest BCUT2D eigenvalue weighted by Gasteiger charge is -2.40.